The van der Waals surface area contributed by atoms with Crippen LogP contribution in [0, 0.1) is 13.8 Å². The lowest BCUT2D eigenvalue weighted by Crippen LogP contribution is -2.31. The highest BCUT2D eigenvalue weighted by atomic mass is 32.1. The summed E-state index contributed by atoms with van der Waals surface area (Å²) in [5.74, 6) is 2.03. The zero-order valence-electron chi connectivity index (χ0n) is 16.9. The van der Waals surface area contributed by atoms with Crippen LogP contribution in [0.4, 0.5) is 0 Å². The lowest BCUT2D eigenvalue weighted by Gasteiger charge is -2.23. The number of benzene rings is 3. The van der Waals surface area contributed by atoms with E-state index in [4.69, 9.17) is 4.74 Å². The molecule has 1 aliphatic rings. The van der Waals surface area contributed by atoms with Gasteiger partial charge in [-0.25, -0.2) is 4.57 Å². The SMILES string of the molecule is Cc1c2c(c(C)c3sccc13)Oc1c3sc4ccccc4c3cc3cc[n+](C)c-2c13. The molecule has 1 aliphatic heterocycles. The standard InChI is InChI=1S/C26H18NOS2/c1-13-16-9-11-29-25(16)14(2)23-20(13)22-21-15(8-10-27(22)3)12-18-17-6-4-5-7-19(17)30-26(18)24(21)28-23/h4-12H,1-3H3/q+1. The molecule has 144 valence electrons. The first-order chi connectivity index (χ1) is 14.6. The Labute approximate surface area is 181 Å². The first-order valence-electron chi connectivity index (χ1n) is 10.1. The highest BCUT2D eigenvalue weighted by molar-refractivity contribution is 7.26. The molecular formula is C26H18NOS2+. The molecule has 0 amide bonds. The van der Waals surface area contributed by atoms with Crippen LogP contribution in [0.3, 0.4) is 0 Å². The summed E-state index contributed by atoms with van der Waals surface area (Å²) >= 11 is 3.64. The van der Waals surface area contributed by atoms with E-state index in [9.17, 15) is 0 Å². The van der Waals surface area contributed by atoms with E-state index >= 15 is 0 Å². The Morgan fingerprint density at radius 2 is 1.73 bits per heavy atom. The van der Waals surface area contributed by atoms with Crippen molar-refractivity contribution in [2.75, 3.05) is 0 Å². The van der Waals surface area contributed by atoms with Gasteiger partial charge in [-0.15, -0.1) is 22.7 Å². The molecule has 0 saturated heterocycles. The summed E-state index contributed by atoms with van der Waals surface area (Å²) in [5, 5.41) is 8.58. The Hall–Kier alpha value is -2.95. The molecule has 7 rings (SSSR count). The average Bonchev–Trinajstić information content (AvgIpc) is 3.39. The quantitative estimate of drug-likeness (QED) is 0.228. The fourth-order valence-electron chi connectivity index (χ4n) is 5.07. The van der Waals surface area contributed by atoms with Crippen molar-refractivity contribution in [2.24, 2.45) is 7.05 Å². The first kappa shape index (κ1) is 16.8. The van der Waals surface area contributed by atoms with Crippen molar-refractivity contribution in [3.05, 3.63) is 65.2 Å². The van der Waals surface area contributed by atoms with Crippen molar-refractivity contribution >= 4 is 63.7 Å². The summed E-state index contributed by atoms with van der Waals surface area (Å²) in [6.45, 7) is 4.44. The highest BCUT2D eigenvalue weighted by Crippen LogP contribution is 2.54. The molecule has 30 heavy (non-hydrogen) atoms. The molecule has 6 aromatic rings. The summed E-state index contributed by atoms with van der Waals surface area (Å²) in [6, 6.07) is 15.5. The van der Waals surface area contributed by atoms with Crippen LogP contribution in [-0.4, -0.2) is 0 Å². The Balaban J connectivity index is 1.75. The van der Waals surface area contributed by atoms with Gasteiger partial charge in [-0.1, -0.05) is 18.2 Å². The molecule has 0 unspecified atom stereocenters. The lowest BCUT2D eigenvalue weighted by atomic mass is 9.91. The monoisotopic (exact) mass is 424 g/mol. The summed E-state index contributed by atoms with van der Waals surface area (Å²) in [4.78, 5) is 0. The molecule has 0 fully saturated rings. The van der Waals surface area contributed by atoms with Gasteiger partial charge in [-0.2, -0.15) is 0 Å². The number of hydrogen-bond donors (Lipinski definition) is 0. The second-order valence-corrected chi connectivity index (χ2v) is 10.1. The lowest BCUT2D eigenvalue weighted by molar-refractivity contribution is -0.659. The minimum atomic E-state index is 1.01. The number of hydrogen-bond acceptors (Lipinski definition) is 3. The molecule has 3 aromatic carbocycles. The number of rotatable bonds is 0. The zero-order chi connectivity index (χ0) is 20.1. The molecular weight excluding hydrogens is 406 g/mol. The largest absolute Gasteiger partial charge is 0.454 e. The maximum absolute atomic E-state index is 6.84. The van der Waals surface area contributed by atoms with E-state index in [2.05, 4.69) is 79.5 Å². The van der Waals surface area contributed by atoms with Crippen molar-refractivity contribution in [1.29, 1.82) is 0 Å². The number of pyridine rings is 1. The predicted molar refractivity (Wildman–Crippen MR) is 128 cm³/mol. The summed E-state index contributed by atoms with van der Waals surface area (Å²) in [7, 11) is 2.15. The van der Waals surface area contributed by atoms with Crippen LogP contribution in [0.5, 0.6) is 11.5 Å². The number of thiophene rings is 2. The van der Waals surface area contributed by atoms with Crippen LogP contribution < -0.4 is 9.30 Å². The van der Waals surface area contributed by atoms with Crippen molar-refractivity contribution in [2.45, 2.75) is 13.8 Å². The minimum absolute atomic E-state index is 1.01. The van der Waals surface area contributed by atoms with Gasteiger partial charge in [0.25, 0.3) is 0 Å². The third-order valence-corrected chi connectivity index (χ3v) is 8.74. The topological polar surface area (TPSA) is 13.1 Å². The normalized spacial score (nSPS) is 12.8. The Morgan fingerprint density at radius 3 is 2.63 bits per heavy atom. The van der Waals surface area contributed by atoms with Gasteiger partial charge < -0.3 is 4.74 Å². The maximum Gasteiger partial charge on any atom is 0.228 e. The first-order valence-corrected chi connectivity index (χ1v) is 11.8. The number of ether oxygens (including phenoxy) is 1. The molecule has 2 nitrogen and oxygen atoms in total. The van der Waals surface area contributed by atoms with Gasteiger partial charge in [0.05, 0.1) is 15.6 Å². The van der Waals surface area contributed by atoms with Crippen LogP contribution >= 0.6 is 22.7 Å². The second-order valence-electron chi connectivity index (χ2n) is 8.14. The molecule has 0 atom stereocenters. The predicted octanol–water partition coefficient (Wildman–Crippen LogP) is 7.64. The van der Waals surface area contributed by atoms with Gasteiger partial charge >= 0.3 is 0 Å². The van der Waals surface area contributed by atoms with Gasteiger partial charge in [-0.05, 0) is 53.8 Å². The number of aromatic nitrogens is 1. The van der Waals surface area contributed by atoms with Crippen molar-refractivity contribution in [3.8, 4) is 22.8 Å². The molecule has 0 spiro atoms. The van der Waals surface area contributed by atoms with Gasteiger partial charge in [-0.3, -0.25) is 0 Å². The molecule has 0 N–H and O–H groups in total. The van der Waals surface area contributed by atoms with Gasteiger partial charge in [0.2, 0.25) is 5.69 Å². The highest BCUT2D eigenvalue weighted by Gasteiger charge is 2.33. The molecule has 0 radical (unpaired) electrons. The van der Waals surface area contributed by atoms with Crippen LogP contribution in [0.25, 0.3) is 52.3 Å². The van der Waals surface area contributed by atoms with Gasteiger partial charge in [0, 0.05) is 31.8 Å². The Kier molecular flexibility index (Phi) is 3.13. The zero-order valence-corrected chi connectivity index (χ0v) is 18.5. The van der Waals surface area contributed by atoms with E-state index in [1.54, 1.807) is 11.3 Å². The molecule has 3 aromatic heterocycles. The van der Waals surface area contributed by atoms with E-state index in [1.165, 1.54) is 63.4 Å². The van der Waals surface area contributed by atoms with Crippen molar-refractivity contribution < 1.29 is 9.30 Å². The maximum atomic E-state index is 6.84. The van der Waals surface area contributed by atoms with E-state index < -0.39 is 0 Å². The third-order valence-electron chi connectivity index (χ3n) is 6.52. The minimum Gasteiger partial charge on any atom is -0.454 e. The van der Waals surface area contributed by atoms with Crippen molar-refractivity contribution in [1.82, 2.24) is 0 Å². The molecule has 4 heteroatoms. The molecule has 0 bridgehead atoms. The van der Waals surface area contributed by atoms with E-state index in [0.717, 1.165) is 11.5 Å². The smallest absolute Gasteiger partial charge is 0.228 e. The van der Waals surface area contributed by atoms with Gasteiger partial charge in [0.1, 0.15) is 12.8 Å². The molecule has 4 heterocycles. The van der Waals surface area contributed by atoms with E-state index in [0.29, 0.717) is 0 Å². The van der Waals surface area contributed by atoms with Crippen LogP contribution in [0.15, 0.2) is 54.0 Å². The Bertz CT molecular complexity index is 1700. The van der Waals surface area contributed by atoms with Crippen molar-refractivity contribution in [3.63, 3.8) is 0 Å². The average molecular weight is 425 g/mol. The van der Waals surface area contributed by atoms with Gasteiger partial charge in [0.15, 0.2) is 11.9 Å². The number of fused-ring (bicyclic) bond motifs is 7. The molecule has 0 saturated carbocycles. The Morgan fingerprint density at radius 1 is 0.867 bits per heavy atom. The van der Waals surface area contributed by atoms with E-state index in [1.807, 2.05) is 11.3 Å². The van der Waals surface area contributed by atoms with E-state index in [-0.39, 0.29) is 0 Å². The third kappa shape index (κ3) is 1.91. The fraction of sp³-hybridized carbons (Fsp3) is 0.115. The summed E-state index contributed by atoms with van der Waals surface area (Å²) in [6.07, 6.45) is 2.18. The second kappa shape index (κ2) is 5.60. The molecule has 0 aliphatic carbocycles. The summed E-state index contributed by atoms with van der Waals surface area (Å²) < 4.78 is 13.0. The summed E-state index contributed by atoms with van der Waals surface area (Å²) in [5.41, 5.74) is 5.04. The fourth-order valence-corrected chi connectivity index (χ4v) is 7.20. The number of nitrogens with zero attached hydrogens (tertiary/aromatic N) is 1. The van der Waals surface area contributed by atoms with Crippen LogP contribution in [-0.2, 0) is 7.05 Å². The number of aryl methyl sites for hydroxylation is 3. The van der Waals surface area contributed by atoms with Crippen LogP contribution in [0.2, 0.25) is 0 Å². The van der Waals surface area contributed by atoms with Crippen LogP contribution in [0.1, 0.15) is 11.1 Å².